The van der Waals surface area contributed by atoms with Gasteiger partial charge in [0, 0.05) is 19.3 Å². The summed E-state index contributed by atoms with van der Waals surface area (Å²) < 4.78 is 46.5. The average Bonchev–Trinajstić information content (AvgIpc) is 2.73. The minimum Gasteiger partial charge on any atom is -0.483 e. The molecule has 2 aromatic rings. The third-order valence-electron chi connectivity index (χ3n) is 4.49. The summed E-state index contributed by atoms with van der Waals surface area (Å²) in [6.45, 7) is 3.30. The smallest absolute Gasteiger partial charge is 0.422 e. The third-order valence-corrected chi connectivity index (χ3v) is 4.49. The summed E-state index contributed by atoms with van der Waals surface area (Å²) in [6.07, 6.45) is -1.36. The van der Waals surface area contributed by atoms with Crippen molar-refractivity contribution in [3.8, 4) is 5.75 Å². The van der Waals surface area contributed by atoms with E-state index in [0.29, 0.717) is 18.9 Å². The van der Waals surface area contributed by atoms with Crippen LogP contribution in [0.5, 0.6) is 5.75 Å². The second-order valence-electron chi connectivity index (χ2n) is 6.91. The molecule has 1 aliphatic heterocycles. The lowest BCUT2D eigenvalue weighted by atomic mass is 10.1. The monoisotopic (exact) mass is 424 g/mol. The number of ether oxygens (including phenoxy) is 2. The quantitative estimate of drug-likeness (QED) is 0.737. The molecule has 3 heterocycles. The number of nitrogens with one attached hydrogen (secondary N) is 1. The van der Waals surface area contributed by atoms with Crippen molar-refractivity contribution in [3.63, 3.8) is 0 Å². The molecule has 1 aliphatic rings. The molecule has 0 bridgehead atoms. The number of anilines is 1. The number of halogens is 3. The largest absolute Gasteiger partial charge is 0.483 e. The Morgan fingerprint density at radius 1 is 1.20 bits per heavy atom. The van der Waals surface area contributed by atoms with Crippen LogP contribution in [0.25, 0.3) is 0 Å². The molecule has 0 spiro atoms. The molecule has 162 valence electrons. The summed E-state index contributed by atoms with van der Waals surface area (Å²) in [4.78, 5) is 22.9. The van der Waals surface area contributed by atoms with Gasteiger partial charge in [0.1, 0.15) is 11.6 Å². The van der Waals surface area contributed by atoms with Gasteiger partial charge in [0.25, 0.3) is 0 Å². The van der Waals surface area contributed by atoms with Crippen LogP contribution in [-0.2, 0) is 16.0 Å². The van der Waals surface area contributed by atoms with Crippen LogP contribution >= 0.6 is 0 Å². The molecule has 1 N–H and O–H groups in total. The first-order chi connectivity index (χ1) is 14.3. The summed E-state index contributed by atoms with van der Waals surface area (Å²) in [6, 6.07) is 6.26. The van der Waals surface area contributed by atoms with Crippen LogP contribution in [0.4, 0.5) is 19.0 Å². The van der Waals surface area contributed by atoms with E-state index >= 15 is 0 Å². The van der Waals surface area contributed by atoms with Crippen molar-refractivity contribution < 1.29 is 27.4 Å². The first-order valence-corrected chi connectivity index (χ1v) is 9.52. The minimum atomic E-state index is -4.41. The maximum absolute atomic E-state index is 12.3. The van der Waals surface area contributed by atoms with Crippen LogP contribution in [0.3, 0.4) is 0 Å². The van der Waals surface area contributed by atoms with Crippen molar-refractivity contribution in [3.05, 3.63) is 47.9 Å². The lowest BCUT2D eigenvalue weighted by Gasteiger charge is -2.27. The number of nitrogens with zero attached hydrogens (tertiary/aromatic N) is 3. The van der Waals surface area contributed by atoms with E-state index in [1.807, 2.05) is 12.1 Å². The van der Waals surface area contributed by atoms with E-state index in [4.69, 9.17) is 4.74 Å². The van der Waals surface area contributed by atoms with Crippen LogP contribution in [0.2, 0.25) is 0 Å². The number of aromatic nitrogens is 2. The van der Waals surface area contributed by atoms with Gasteiger partial charge in [0.05, 0.1) is 37.6 Å². The molecule has 2 aromatic heterocycles. The molecule has 0 radical (unpaired) electrons. The topological polar surface area (TPSA) is 76.6 Å². The fraction of sp³-hybridized carbons (Fsp3) is 0.450. The molecule has 7 nitrogen and oxygen atoms in total. The maximum atomic E-state index is 12.3. The van der Waals surface area contributed by atoms with E-state index in [0.717, 1.165) is 24.5 Å². The molecule has 3 rings (SSSR count). The second kappa shape index (κ2) is 9.75. The molecule has 10 heteroatoms. The van der Waals surface area contributed by atoms with Gasteiger partial charge in [-0.05, 0) is 30.7 Å². The SMILES string of the molecule is C[C@@H](NC(=O)Cc1ccc(N2CCOCC2)nc1)c1ccc(OCC(F)(F)F)cn1. The zero-order chi connectivity index (χ0) is 21.6. The van der Waals surface area contributed by atoms with Crippen LogP contribution in [-0.4, -0.2) is 55.0 Å². The van der Waals surface area contributed by atoms with Gasteiger partial charge in [-0.15, -0.1) is 0 Å². The Morgan fingerprint density at radius 3 is 2.57 bits per heavy atom. The first kappa shape index (κ1) is 21.8. The van der Waals surface area contributed by atoms with E-state index in [2.05, 4.69) is 24.9 Å². The number of carbonyl (C=O) groups is 1. The Labute approximate surface area is 172 Å². The van der Waals surface area contributed by atoms with Crippen molar-refractivity contribution in [2.75, 3.05) is 37.8 Å². The predicted molar refractivity (Wildman–Crippen MR) is 103 cm³/mol. The Kier molecular flexibility index (Phi) is 7.09. The van der Waals surface area contributed by atoms with Gasteiger partial charge in [-0.25, -0.2) is 4.98 Å². The van der Waals surface area contributed by atoms with Crippen molar-refractivity contribution in [1.29, 1.82) is 0 Å². The van der Waals surface area contributed by atoms with Crippen molar-refractivity contribution in [2.24, 2.45) is 0 Å². The van der Waals surface area contributed by atoms with Gasteiger partial charge in [0.15, 0.2) is 6.61 Å². The van der Waals surface area contributed by atoms with E-state index in [-0.39, 0.29) is 18.1 Å². The second-order valence-corrected chi connectivity index (χ2v) is 6.91. The zero-order valence-electron chi connectivity index (χ0n) is 16.5. The van der Waals surface area contributed by atoms with Gasteiger partial charge in [-0.1, -0.05) is 6.07 Å². The minimum absolute atomic E-state index is 0.0148. The normalized spacial score (nSPS) is 15.5. The lowest BCUT2D eigenvalue weighted by molar-refractivity contribution is -0.153. The van der Waals surface area contributed by atoms with Crippen LogP contribution in [0.1, 0.15) is 24.2 Å². The molecule has 30 heavy (non-hydrogen) atoms. The first-order valence-electron chi connectivity index (χ1n) is 9.52. The number of hydrogen-bond acceptors (Lipinski definition) is 6. The molecule has 0 saturated carbocycles. The zero-order valence-corrected chi connectivity index (χ0v) is 16.5. The highest BCUT2D eigenvalue weighted by molar-refractivity contribution is 5.78. The molecule has 0 aliphatic carbocycles. The Balaban J connectivity index is 1.49. The number of hydrogen-bond donors (Lipinski definition) is 1. The highest BCUT2D eigenvalue weighted by Gasteiger charge is 2.28. The highest BCUT2D eigenvalue weighted by atomic mass is 19.4. The number of amides is 1. The van der Waals surface area contributed by atoms with Crippen LogP contribution in [0, 0.1) is 0 Å². The summed E-state index contributed by atoms with van der Waals surface area (Å²) >= 11 is 0. The number of alkyl halides is 3. The predicted octanol–water partition coefficient (Wildman–Crippen LogP) is 2.67. The molecule has 1 fully saturated rings. The van der Waals surface area contributed by atoms with Gasteiger partial charge >= 0.3 is 6.18 Å². The molecule has 1 saturated heterocycles. The number of carbonyl (C=O) groups excluding carboxylic acids is 1. The maximum Gasteiger partial charge on any atom is 0.422 e. The molecule has 1 amide bonds. The summed E-state index contributed by atoms with van der Waals surface area (Å²) in [5, 5.41) is 2.82. The van der Waals surface area contributed by atoms with Crippen molar-refractivity contribution >= 4 is 11.7 Å². The summed E-state index contributed by atoms with van der Waals surface area (Å²) in [5.41, 5.74) is 1.30. The Hall–Kier alpha value is -2.88. The number of rotatable bonds is 7. The Bertz CT molecular complexity index is 823. The van der Waals surface area contributed by atoms with E-state index in [1.165, 1.54) is 18.3 Å². The molecular weight excluding hydrogens is 401 g/mol. The van der Waals surface area contributed by atoms with Gasteiger partial charge in [-0.3, -0.25) is 9.78 Å². The fourth-order valence-corrected chi connectivity index (χ4v) is 2.95. The standard InChI is InChI=1S/C20H23F3N4O3/c1-14(17-4-3-16(12-24-17)30-13-20(21,22)23)26-19(28)10-15-2-5-18(25-11-15)27-6-8-29-9-7-27/h2-5,11-12,14H,6-10,13H2,1H3,(H,26,28)/t14-/m1/s1. The summed E-state index contributed by atoms with van der Waals surface area (Å²) in [7, 11) is 0. The van der Waals surface area contributed by atoms with Crippen LogP contribution < -0.4 is 15.0 Å². The molecular formula is C20H23F3N4O3. The number of pyridine rings is 2. The van der Waals surface area contributed by atoms with E-state index < -0.39 is 18.8 Å². The van der Waals surface area contributed by atoms with Gasteiger partial charge in [-0.2, -0.15) is 13.2 Å². The molecule has 0 unspecified atom stereocenters. The van der Waals surface area contributed by atoms with Crippen molar-refractivity contribution in [2.45, 2.75) is 25.6 Å². The lowest BCUT2D eigenvalue weighted by Crippen LogP contribution is -2.36. The van der Waals surface area contributed by atoms with E-state index in [1.54, 1.807) is 13.1 Å². The summed E-state index contributed by atoms with van der Waals surface area (Å²) in [5.74, 6) is 0.663. The van der Waals surface area contributed by atoms with Gasteiger partial charge < -0.3 is 19.7 Å². The van der Waals surface area contributed by atoms with Crippen molar-refractivity contribution in [1.82, 2.24) is 15.3 Å². The highest BCUT2D eigenvalue weighted by Crippen LogP contribution is 2.19. The van der Waals surface area contributed by atoms with Crippen LogP contribution in [0.15, 0.2) is 36.7 Å². The fourth-order valence-electron chi connectivity index (χ4n) is 2.95. The molecule has 0 aromatic carbocycles. The average molecular weight is 424 g/mol. The Morgan fingerprint density at radius 2 is 1.97 bits per heavy atom. The van der Waals surface area contributed by atoms with E-state index in [9.17, 15) is 18.0 Å². The third kappa shape index (κ3) is 6.58. The number of morpholine rings is 1. The van der Waals surface area contributed by atoms with Gasteiger partial charge in [0.2, 0.25) is 5.91 Å². The molecule has 1 atom stereocenters.